The zero-order chi connectivity index (χ0) is 11.5. The Morgan fingerprint density at radius 2 is 2.20 bits per heavy atom. The molecule has 0 saturated carbocycles. The zero-order valence-corrected chi connectivity index (χ0v) is 10.5. The normalized spacial score (nSPS) is 29.3. The lowest BCUT2D eigenvalue weighted by atomic mass is 10.2. The Kier molecular flexibility index (Phi) is 4.55. The third-order valence-electron chi connectivity index (χ3n) is 3.10. The Morgan fingerprint density at radius 3 is 2.60 bits per heavy atom. The van der Waals surface area contributed by atoms with Crippen molar-refractivity contribution in [2.45, 2.75) is 44.1 Å². The van der Waals surface area contributed by atoms with Crippen LogP contribution >= 0.6 is 0 Å². The maximum absolute atomic E-state index is 12.1. The van der Waals surface area contributed by atoms with Crippen molar-refractivity contribution in [2.24, 2.45) is 0 Å². The maximum atomic E-state index is 12.1. The number of ether oxygens (including phenoxy) is 1. The highest BCUT2D eigenvalue weighted by molar-refractivity contribution is 7.92. The van der Waals surface area contributed by atoms with Gasteiger partial charge in [-0.05, 0) is 26.8 Å². The lowest BCUT2D eigenvalue weighted by molar-refractivity contribution is 0.126. The first-order chi connectivity index (χ1) is 7.01. The molecule has 0 amide bonds. The fourth-order valence-corrected chi connectivity index (χ4v) is 4.32. The highest BCUT2D eigenvalue weighted by Crippen LogP contribution is 2.22. The number of nitrogens with one attached hydrogen (secondary N) is 1. The van der Waals surface area contributed by atoms with Crippen molar-refractivity contribution in [3.8, 4) is 0 Å². The molecule has 90 valence electrons. The molecule has 0 spiro atoms. The van der Waals surface area contributed by atoms with Crippen LogP contribution in [0.5, 0.6) is 0 Å². The van der Waals surface area contributed by atoms with E-state index in [1.165, 1.54) is 0 Å². The highest BCUT2D eigenvalue weighted by atomic mass is 32.2. The van der Waals surface area contributed by atoms with Gasteiger partial charge >= 0.3 is 0 Å². The van der Waals surface area contributed by atoms with E-state index in [0.29, 0.717) is 13.0 Å². The van der Waals surface area contributed by atoms with Gasteiger partial charge in [-0.25, -0.2) is 8.42 Å². The summed E-state index contributed by atoms with van der Waals surface area (Å²) in [6, 6.07) is 0.0581. The Morgan fingerprint density at radius 1 is 1.53 bits per heavy atom. The zero-order valence-electron chi connectivity index (χ0n) is 9.69. The molecule has 0 aromatic heterocycles. The van der Waals surface area contributed by atoms with Crippen LogP contribution in [0.4, 0.5) is 0 Å². The molecule has 5 heteroatoms. The van der Waals surface area contributed by atoms with Gasteiger partial charge in [0.2, 0.25) is 0 Å². The Bertz CT molecular complexity index is 285. The van der Waals surface area contributed by atoms with Gasteiger partial charge in [0.25, 0.3) is 0 Å². The molecular weight excluding hydrogens is 214 g/mol. The highest BCUT2D eigenvalue weighted by Gasteiger charge is 2.36. The van der Waals surface area contributed by atoms with E-state index in [9.17, 15) is 8.42 Å². The molecule has 1 N–H and O–H groups in total. The molecule has 1 heterocycles. The van der Waals surface area contributed by atoms with Crippen molar-refractivity contribution in [1.82, 2.24) is 5.32 Å². The van der Waals surface area contributed by atoms with Crippen LogP contribution in [-0.2, 0) is 14.6 Å². The van der Waals surface area contributed by atoms with E-state index in [2.05, 4.69) is 5.32 Å². The van der Waals surface area contributed by atoms with Crippen LogP contribution in [0.1, 0.15) is 26.7 Å². The first-order valence-corrected chi connectivity index (χ1v) is 7.23. The largest absolute Gasteiger partial charge is 0.377 e. The molecule has 0 radical (unpaired) electrons. The quantitative estimate of drug-likeness (QED) is 0.757. The SMILES string of the molecule is CCC(CS(=O)(=O)C1CCOC1C)NC. The number of sulfone groups is 1. The first-order valence-electron chi connectivity index (χ1n) is 5.51. The summed E-state index contributed by atoms with van der Waals surface area (Å²) in [4.78, 5) is 0. The van der Waals surface area contributed by atoms with Gasteiger partial charge in [0.05, 0.1) is 17.1 Å². The summed E-state index contributed by atoms with van der Waals surface area (Å²) in [5.74, 6) is 0.221. The van der Waals surface area contributed by atoms with Gasteiger partial charge in [0, 0.05) is 12.6 Å². The van der Waals surface area contributed by atoms with E-state index in [4.69, 9.17) is 4.74 Å². The number of hydrogen-bond donors (Lipinski definition) is 1. The molecule has 0 aliphatic carbocycles. The van der Waals surface area contributed by atoms with Crippen molar-refractivity contribution in [3.05, 3.63) is 0 Å². The molecule has 3 unspecified atom stereocenters. The van der Waals surface area contributed by atoms with Crippen LogP contribution in [-0.4, -0.2) is 45.2 Å². The third kappa shape index (κ3) is 3.16. The van der Waals surface area contributed by atoms with Crippen molar-refractivity contribution in [3.63, 3.8) is 0 Å². The van der Waals surface area contributed by atoms with Crippen LogP contribution in [0.3, 0.4) is 0 Å². The van der Waals surface area contributed by atoms with Crippen molar-refractivity contribution in [2.75, 3.05) is 19.4 Å². The number of hydrogen-bond acceptors (Lipinski definition) is 4. The van der Waals surface area contributed by atoms with Crippen LogP contribution in [0.2, 0.25) is 0 Å². The molecule has 1 rings (SSSR count). The van der Waals surface area contributed by atoms with Crippen LogP contribution in [0.15, 0.2) is 0 Å². The summed E-state index contributed by atoms with van der Waals surface area (Å²) in [5.41, 5.74) is 0. The summed E-state index contributed by atoms with van der Waals surface area (Å²) < 4.78 is 29.4. The molecule has 0 aromatic carbocycles. The minimum atomic E-state index is -3.02. The molecule has 1 saturated heterocycles. The van der Waals surface area contributed by atoms with E-state index >= 15 is 0 Å². The second kappa shape index (κ2) is 5.27. The lowest BCUT2D eigenvalue weighted by Crippen LogP contribution is -2.39. The van der Waals surface area contributed by atoms with Gasteiger partial charge in [0.15, 0.2) is 9.84 Å². The number of rotatable bonds is 5. The van der Waals surface area contributed by atoms with Crippen molar-refractivity contribution < 1.29 is 13.2 Å². The molecule has 1 fully saturated rings. The predicted molar refractivity (Wildman–Crippen MR) is 60.7 cm³/mol. The molecular formula is C10H21NO3S. The minimum absolute atomic E-state index is 0.0581. The van der Waals surface area contributed by atoms with E-state index in [1.807, 2.05) is 13.8 Å². The average molecular weight is 235 g/mol. The molecule has 4 nitrogen and oxygen atoms in total. The van der Waals surface area contributed by atoms with Crippen molar-refractivity contribution >= 4 is 9.84 Å². The lowest BCUT2D eigenvalue weighted by Gasteiger charge is -2.19. The van der Waals surface area contributed by atoms with Gasteiger partial charge in [-0.1, -0.05) is 6.92 Å². The Balaban J connectivity index is 2.66. The first kappa shape index (κ1) is 12.9. The predicted octanol–water partition coefficient (Wildman–Crippen LogP) is 0.577. The fourth-order valence-electron chi connectivity index (χ4n) is 1.99. The van der Waals surface area contributed by atoms with Crippen molar-refractivity contribution in [1.29, 1.82) is 0 Å². The van der Waals surface area contributed by atoms with Gasteiger partial charge < -0.3 is 10.1 Å². The monoisotopic (exact) mass is 235 g/mol. The van der Waals surface area contributed by atoms with E-state index in [-0.39, 0.29) is 23.1 Å². The summed E-state index contributed by atoms with van der Waals surface area (Å²) in [5, 5.41) is 2.72. The van der Waals surface area contributed by atoms with Gasteiger partial charge in [-0.2, -0.15) is 0 Å². The molecule has 0 aromatic rings. The fraction of sp³-hybridized carbons (Fsp3) is 1.00. The van der Waals surface area contributed by atoms with E-state index < -0.39 is 9.84 Å². The van der Waals surface area contributed by atoms with Gasteiger partial charge in [-0.15, -0.1) is 0 Å². The topological polar surface area (TPSA) is 55.4 Å². The average Bonchev–Trinajstić information content (AvgIpc) is 2.61. The van der Waals surface area contributed by atoms with Gasteiger partial charge in [0.1, 0.15) is 0 Å². The molecule has 0 bridgehead atoms. The smallest absolute Gasteiger partial charge is 0.157 e. The third-order valence-corrected chi connectivity index (χ3v) is 5.51. The minimum Gasteiger partial charge on any atom is -0.377 e. The van der Waals surface area contributed by atoms with Crippen LogP contribution < -0.4 is 5.32 Å². The van der Waals surface area contributed by atoms with Gasteiger partial charge in [-0.3, -0.25) is 0 Å². The standard InChI is InChI=1S/C10H21NO3S/c1-4-9(11-3)7-15(12,13)10-5-6-14-8(10)2/h8-11H,4-7H2,1-3H3. The Hall–Kier alpha value is -0.130. The summed E-state index contributed by atoms with van der Waals surface area (Å²) in [6.07, 6.45) is 1.32. The molecule has 15 heavy (non-hydrogen) atoms. The molecule has 1 aliphatic heterocycles. The summed E-state index contributed by atoms with van der Waals surface area (Å²) in [7, 11) is -1.22. The van der Waals surface area contributed by atoms with Crippen LogP contribution in [0, 0.1) is 0 Å². The van der Waals surface area contributed by atoms with Crippen LogP contribution in [0.25, 0.3) is 0 Å². The summed E-state index contributed by atoms with van der Waals surface area (Å²) >= 11 is 0. The second-order valence-electron chi connectivity index (χ2n) is 4.13. The second-order valence-corrected chi connectivity index (χ2v) is 6.39. The molecule has 1 aliphatic rings. The van der Waals surface area contributed by atoms with E-state index in [1.54, 1.807) is 7.05 Å². The Labute approximate surface area is 92.3 Å². The van der Waals surface area contributed by atoms with E-state index in [0.717, 1.165) is 6.42 Å². The summed E-state index contributed by atoms with van der Waals surface area (Å²) in [6.45, 7) is 4.40. The maximum Gasteiger partial charge on any atom is 0.157 e. The molecule has 3 atom stereocenters.